The number of hydrogen-bond acceptors (Lipinski definition) is 6. The second kappa shape index (κ2) is 9.23. The average molecular weight is 465 g/mol. The van der Waals surface area contributed by atoms with Crippen LogP contribution in [0.3, 0.4) is 0 Å². The Kier molecular flexibility index (Phi) is 6.37. The molecule has 0 saturated carbocycles. The number of rotatable bonds is 6. The molecule has 2 heterocycles. The summed E-state index contributed by atoms with van der Waals surface area (Å²) in [5.41, 5.74) is 4.57. The predicted molar refractivity (Wildman–Crippen MR) is 132 cm³/mol. The molecule has 0 radical (unpaired) electrons. The Bertz CT molecular complexity index is 1220. The highest BCUT2D eigenvalue weighted by Crippen LogP contribution is 2.40. The van der Waals surface area contributed by atoms with E-state index in [-0.39, 0.29) is 11.8 Å². The number of aromatic hydroxyl groups is 1. The van der Waals surface area contributed by atoms with Crippen LogP contribution in [0.5, 0.6) is 11.5 Å². The van der Waals surface area contributed by atoms with E-state index in [9.17, 15) is 5.11 Å². The van der Waals surface area contributed by atoms with Gasteiger partial charge in [0.15, 0.2) is 16.6 Å². The third-order valence-corrected chi connectivity index (χ3v) is 5.95. The van der Waals surface area contributed by atoms with Crippen LogP contribution in [0.25, 0.3) is 17.0 Å². The van der Waals surface area contributed by atoms with Crippen LogP contribution in [0, 0.1) is 12.8 Å². The highest BCUT2D eigenvalue weighted by Gasteiger charge is 2.34. The fraction of sp³-hybridized carbons (Fsp3) is 0.320. The maximum Gasteiger partial charge on any atom is 0.258 e. The van der Waals surface area contributed by atoms with E-state index in [1.807, 2.05) is 44.2 Å². The molecule has 4 rings (SSSR count). The number of nitrogens with zero attached hydrogens (tertiary/aromatic N) is 3. The zero-order valence-electron chi connectivity index (χ0n) is 19.4. The van der Waals surface area contributed by atoms with Crippen molar-refractivity contribution >= 4 is 22.9 Å². The van der Waals surface area contributed by atoms with Gasteiger partial charge in [0.2, 0.25) is 5.82 Å². The fourth-order valence-electron chi connectivity index (χ4n) is 4.01. The lowest BCUT2D eigenvalue weighted by Crippen LogP contribution is -2.47. The van der Waals surface area contributed by atoms with Crippen LogP contribution in [0.4, 0.5) is 0 Å². The lowest BCUT2D eigenvalue weighted by molar-refractivity contribution is 0.371. The molecule has 1 unspecified atom stereocenters. The molecule has 1 atom stereocenters. The number of methoxy groups -OCH3 is 1. The Morgan fingerprint density at radius 3 is 2.67 bits per heavy atom. The molecular formula is C25H28N4O3S. The van der Waals surface area contributed by atoms with Gasteiger partial charge >= 0.3 is 0 Å². The van der Waals surface area contributed by atoms with Crippen molar-refractivity contribution < 1.29 is 14.4 Å². The zero-order valence-corrected chi connectivity index (χ0v) is 20.2. The van der Waals surface area contributed by atoms with E-state index in [1.54, 1.807) is 12.1 Å². The molecule has 172 valence electrons. The molecular weight excluding hydrogens is 436 g/mol. The summed E-state index contributed by atoms with van der Waals surface area (Å²) in [6.07, 6.45) is 0. The standard InChI is InChI=1S/C25H28N4O3S/c1-14(2)13-29-16(4)21(24-27-23(28-32-24)18-8-6-7-15(3)11-18)22(26-25(29)33)17-9-10-20(31-5)19(30)12-17/h6-12,14,22,30H,13H2,1-5H3,(H,26,33). The summed E-state index contributed by atoms with van der Waals surface area (Å²) in [6.45, 7) is 9.08. The zero-order chi connectivity index (χ0) is 23.7. The monoisotopic (exact) mass is 464 g/mol. The van der Waals surface area contributed by atoms with Gasteiger partial charge in [0.05, 0.1) is 18.7 Å². The van der Waals surface area contributed by atoms with E-state index in [0.717, 1.165) is 34.5 Å². The van der Waals surface area contributed by atoms with Crippen molar-refractivity contribution in [2.45, 2.75) is 33.7 Å². The van der Waals surface area contributed by atoms with E-state index in [4.69, 9.17) is 26.5 Å². The molecule has 0 amide bonds. The summed E-state index contributed by atoms with van der Waals surface area (Å²) in [7, 11) is 1.52. The van der Waals surface area contributed by atoms with Gasteiger partial charge in [0.25, 0.3) is 5.89 Å². The molecule has 1 aromatic heterocycles. The minimum atomic E-state index is -0.372. The summed E-state index contributed by atoms with van der Waals surface area (Å²) in [5.74, 6) is 1.78. The highest BCUT2D eigenvalue weighted by molar-refractivity contribution is 7.80. The van der Waals surface area contributed by atoms with Gasteiger partial charge in [-0.15, -0.1) is 0 Å². The van der Waals surface area contributed by atoms with Crippen molar-refractivity contribution in [1.29, 1.82) is 0 Å². The largest absolute Gasteiger partial charge is 0.504 e. The van der Waals surface area contributed by atoms with Crippen molar-refractivity contribution in [3.05, 3.63) is 65.2 Å². The number of nitrogens with one attached hydrogen (secondary N) is 1. The van der Waals surface area contributed by atoms with Crippen LogP contribution in [0.2, 0.25) is 0 Å². The Morgan fingerprint density at radius 2 is 2.00 bits per heavy atom. The lowest BCUT2D eigenvalue weighted by Gasteiger charge is -2.38. The SMILES string of the molecule is COc1ccc(C2NC(=S)N(CC(C)C)C(C)=C2c2nc(-c3cccc(C)c3)no2)cc1O. The highest BCUT2D eigenvalue weighted by atomic mass is 32.1. The quantitative estimate of drug-likeness (QED) is 0.489. The van der Waals surface area contributed by atoms with Crippen LogP contribution >= 0.6 is 12.2 Å². The van der Waals surface area contributed by atoms with Crippen molar-refractivity contribution in [2.24, 2.45) is 5.92 Å². The molecule has 0 bridgehead atoms. The van der Waals surface area contributed by atoms with Gasteiger partial charge in [0.1, 0.15) is 0 Å². The molecule has 0 spiro atoms. The average Bonchev–Trinajstić information content (AvgIpc) is 3.26. The van der Waals surface area contributed by atoms with Gasteiger partial charge < -0.3 is 24.6 Å². The maximum absolute atomic E-state index is 10.4. The van der Waals surface area contributed by atoms with Gasteiger partial charge in [-0.25, -0.2) is 0 Å². The van der Waals surface area contributed by atoms with Gasteiger partial charge in [-0.3, -0.25) is 0 Å². The molecule has 3 aromatic rings. The first-order valence-electron chi connectivity index (χ1n) is 10.8. The second-order valence-electron chi connectivity index (χ2n) is 8.61. The molecule has 7 nitrogen and oxygen atoms in total. The van der Waals surface area contributed by atoms with Crippen molar-refractivity contribution in [3.8, 4) is 22.9 Å². The number of ether oxygens (including phenoxy) is 1. The smallest absolute Gasteiger partial charge is 0.258 e. The van der Waals surface area contributed by atoms with E-state index in [1.165, 1.54) is 7.11 Å². The lowest BCUT2D eigenvalue weighted by atomic mass is 9.94. The van der Waals surface area contributed by atoms with Gasteiger partial charge in [-0.1, -0.05) is 48.8 Å². The molecule has 2 N–H and O–H groups in total. The Balaban J connectivity index is 1.83. The Hall–Kier alpha value is -3.39. The number of benzene rings is 2. The van der Waals surface area contributed by atoms with E-state index in [2.05, 4.69) is 29.2 Å². The third kappa shape index (κ3) is 4.57. The van der Waals surface area contributed by atoms with E-state index < -0.39 is 0 Å². The van der Waals surface area contributed by atoms with Crippen LogP contribution in [0.1, 0.15) is 43.8 Å². The number of aryl methyl sites for hydroxylation is 1. The first-order valence-corrected chi connectivity index (χ1v) is 11.3. The van der Waals surface area contributed by atoms with Crippen LogP contribution in [-0.4, -0.2) is 38.9 Å². The van der Waals surface area contributed by atoms with Crippen molar-refractivity contribution in [3.63, 3.8) is 0 Å². The Morgan fingerprint density at radius 1 is 1.21 bits per heavy atom. The van der Waals surface area contributed by atoms with Crippen LogP contribution in [-0.2, 0) is 0 Å². The predicted octanol–water partition coefficient (Wildman–Crippen LogP) is 5.08. The topological polar surface area (TPSA) is 83.7 Å². The van der Waals surface area contributed by atoms with Crippen molar-refractivity contribution in [2.75, 3.05) is 13.7 Å². The molecule has 1 aliphatic rings. The van der Waals surface area contributed by atoms with E-state index >= 15 is 0 Å². The molecule has 0 aliphatic carbocycles. The fourth-order valence-corrected chi connectivity index (χ4v) is 4.34. The summed E-state index contributed by atoms with van der Waals surface area (Å²) in [6, 6.07) is 12.9. The van der Waals surface area contributed by atoms with Gasteiger partial charge in [-0.05, 0) is 55.7 Å². The number of aromatic nitrogens is 2. The molecule has 33 heavy (non-hydrogen) atoms. The number of hydrogen-bond donors (Lipinski definition) is 2. The van der Waals surface area contributed by atoms with Crippen molar-refractivity contribution in [1.82, 2.24) is 20.4 Å². The Labute approximate surface area is 199 Å². The number of phenols is 1. The first-order chi connectivity index (χ1) is 15.8. The van der Waals surface area contributed by atoms with Gasteiger partial charge in [-0.2, -0.15) is 4.98 Å². The number of phenolic OH excluding ortho intramolecular Hbond substituents is 1. The summed E-state index contributed by atoms with van der Waals surface area (Å²) >= 11 is 5.71. The summed E-state index contributed by atoms with van der Waals surface area (Å²) in [5, 5.41) is 18.7. The molecule has 8 heteroatoms. The molecule has 2 aromatic carbocycles. The molecule has 0 saturated heterocycles. The second-order valence-corrected chi connectivity index (χ2v) is 9.00. The number of allylic oxidation sites excluding steroid dienone is 1. The molecule has 0 fully saturated rings. The number of thiocarbonyl (C=S) groups is 1. The first kappa shape index (κ1) is 22.8. The maximum atomic E-state index is 10.4. The molecule has 1 aliphatic heterocycles. The third-order valence-electron chi connectivity index (χ3n) is 5.61. The summed E-state index contributed by atoms with van der Waals surface area (Å²) in [4.78, 5) is 6.79. The minimum absolute atomic E-state index is 0.0512. The van der Waals surface area contributed by atoms with E-state index in [0.29, 0.717) is 28.5 Å². The van der Waals surface area contributed by atoms with Gasteiger partial charge in [0, 0.05) is 17.8 Å². The summed E-state index contributed by atoms with van der Waals surface area (Å²) < 4.78 is 11.0. The van der Waals surface area contributed by atoms with Crippen LogP contribution in [0.15, 0.2) is 52.7 Å². The van der Waals surface area contributed by atoms with Crippen LogP contribution < -0.4 is 10.1 Å². The normalized spacial score (nSPS) is 16.4. The minimum Gasteiger partial charge on any atom is -0.504 e.